The van der Waals surface area contributed by atoms with Crippen LogP contribution in [0.2, 0.25) is 5.02 Å². The number of carbonyl (C=O) groups excluding carboxylic acids is 2. The molecule has 0 spiro atoms. The molecule has 0 radical (unpaired) electrons. The Kier molecular flexibility index (Phi) is 8.98. The number of nitrogens with one attached hydrogen (secondary N) is 1. The molecule has 172 valence electrons. The van der Waals surface area contributed by atoms with Crippen LogP contribution in [0.1, 0.15) is 56.6 Å². The van der Waals surface area contributed by atoms with E-state index in [1.165, 1.54) is 5.56 Å². The molecular formula is C26H33ClN2O3. The summed E-state index contributed by atoms with van der Waals surface area (Å²) >= 11 is 6.13. The summed E-state index contributed by atoms with van der Waals surface area (Å²) in [5, 5.41) is 3.74. The Hall–Kier alpha value is -2.53. The van der Waals surface area contributed by atoms with Gasteiger partial charge in [-0.05, 0) is 62.9 Å². The Morgan fingerprint density at radius 3 is 2.56 bits per heavy atom. The van der Waals surface area contributed by atoms with E-state index in [0.29, 0.717) is 31.0 Å². The van der Waals surface area contributed by atoms with Crippen LogP contribution in [-0.4, -0.2) is 35.4 Å². The maximum Gasteiger partial charge on any atom is 0.242 e. The highest BCUT2D eigenvalue weighted by Crippen LogP contribution is 2.20. The maximum atomic E-state index is 13.1. The average Bonchev–Trinajstić information content (AvgIpc) is 3.28. The van der Waals surface area contributed by atoms with Crippen molar-refractivity contribution >= 4 is 23.4 Å². The van der Waals surface area contributed by atoms with Gasteiger partial charge in [0.25, 0.3) is 0 Å². The van der Waals surface area contributed by atoms with Crippen LogP contribution >= 0.6 is 11.6 Å². The minimum Gasteiger partial charge on any atom is -0.494 e. The molecule has 6 heteroatoms. The topological polar surface area (TPSA) is 58.6 Å². The van der Waals surface area contributed by atoms with Gasteiger partial charge in [0.2, 0.25) is 11.8 Å². The molecule has 0 unspecified atom stereocenters. The first-order valence-electron chi connectivity index (χ1n) is 11.5. The molecule has 1 N–H and O–H groups in total. The zero-order valence-electron chi connectivity index (χ0n) is 19.0. The second kappa shape index (κ2) is 11.9. The molecule has 0 aromatic heterocycles. The number of rotatable bonds is 10. The van der Waals surface area contributed by atoms with Crippen LogP contribution in [-0.2, 0) is 16.1 Å². The molecule has 0 saturated heterocycles. The average molecular weight is 457 g/mol. The number of carbonyl (C=O) groups is 2. The number of hydrogen-bond acceptors (Lipinski definition) is 3. The van der Waals surface area contributed by atoms with Crippen molar-refractivity contribution < 1.29 is 14.3 Å². The van der Waals surface area contributed by atoms with Gasteiger partial charge in [-0.25, -0.2) is 0 Å². The van der Waals surface area contributed by atoms with Crippen LogP contribution in [0.3, 0.4) is 0 Å². The van der Waals surface area contributed by atoms with E-state index in [1.807, 2.05) is 49.4 Å². The SMILES string of the molecule is Cc1ccc(OCCCC(=O)N(Cc2cccc(Cl)c2)[C@H](C)C(=O)NC2CCCC2)cc1. The van der Waals surface area contributed by atoms with E-state index >= 15 is 0 Å². The maximum absolute atomic E-state index is 13.1. The second-order valence-electron chi connectivity index (χ2n) is 8.58. The van der Waals surface area contributed by atoms with Gasteiger partial charge < -0.3 is 15.0 Å². The zero-order chi connectivity index (χ0) is 22.9. The number of ether oxygens (including phenoxy) is 1. The van der Waals surface area contributed by atoms with Crippen molar-refractivity contribution in [2.75, 3.05) is 6.61 Å². The largest absolute Gasteiger partial charge is 0.494 e. The monoisotopic (exact) mass is 456 g/mol. The molecule has 0 aliphatic heterocycles. The van der Waals surface area contributed by atoms with Gasteiger partial charge in [-0.2, -0.15) is 0 Å². The van der Waals surface area contributed by atoms with E-state index < -0.39 is 6.04 Å². The highest BCUT2D eigenvalue weighted by Gasteiger charge is 2.28. The fourth-order valence-corrected chi connectivity index (χ4v) is 4.21. The normalized spacial score (nSPS) is 14.7. The molecule has 2 amide bonds. The molecular weight excluding hydrogens is 424 g/mol. The minimum absolute atomic E-state index is 0.0634. The van der Waals surface area contributed by atoms with E-state index in [9.17, 15) is 9.59 Å². The van der Waals surface area contributed by atoms with Crippen LogP contribution in [0.4, 0.5) is 0 Å². The molecule has 1 aliphatic rings. The molecule has 1 fully saturated rings. The quantitative estimate of drug-likeness (QED) is 0.494. The Labute approximate surface area is 196 Å². The first-order chi connectivity index (χ1) is 15.4. The van der Waals surface area contributed by atoms with Crippen LogP contribution in [0, 0.1) is 6.92 Å². The number of nitrogens with zero attached hydrogens (tertiary/aromatic N) is 1. The third-order valence-corrected chi connectivity index (χ3v) is 6.17. The van der Waals surface area contributed by atoms with Crippen LogP contribution in [0.5, 0.6) is 5.75 Å². The van der Waals surface area contributed by atoms with Gasteiger partial charge in [-0.15, -0.1) is 0 Å². The lowest BCUT2D eigenvalue weighted by Gasteiger charge is -2.30. The lowest BCUT2D eigenvalue weighted by molar-refractivity contribution is -0.141. The van der Waals surface area contributed by atoms with Crippen molar-refractivity contribution in [2.24, 2.45) is 0 Å². The van der Waals surface area contributed by atoms with Crippen molar-refractivity contribution in [1.29, 1.82) is 0 Å². The third-order valence-electron chi connectivity index (χ3n) is 5.94. The smallest absolute Gasteiger partial charge is 0.242 e. The summed E-state index contributed by atoms with van der Waals surface area (Å²) < 4.78 is 5.75. The predicted octanol–water partition coefficient (Wildman–Crippen LogP) is 5.28. The number of aryl methyl sites for hydroxylation is 1. The molecule has 1 atom stereocenters. The van der Waals surface area contributed by atoms with Gasteiger partial charge >= 0.3 is 0 Å². The van der Waals surface area contributed by atoms with Crippen LogP contribution in [0.25, 0.3) is 0 Å². The van der Waals surface area contributed by atoms with E-state index in [0.717, 1.165) is 37.0 Å². The number of hydrogen-bond donors (Lipinski definition) is 1. The van der Waals surface area contributed by atoms with Gasteiger partial charge in [0.15, 0.2) is 0 Å². The molecule has 1 saturated carbocycles. The Balaban J connectivity index is 1.59. The summed E-state index contributed by atoms with van der Waals surface area (Å²) in [6.07, 6.45) is 5.20. The van der Waals surface area contributed by atoms with E-state index in [4.69, 9.17) is 16.3 Å². The second-order valence-corrected chi connectivity index (χ2v) is 9.02. The summed E-state index contributed by atoms with van der Waals surface area (Å²) in [6, 6.07) is 14.9. The van der Waals surface area contributed by atoms with Gasteiger partial charge in [0.1, 0.15) is 11.8 Å². The van der Waals surface area contributed by atoms with Crippen molar-refractivity contribution in [3.63, 3.8) is 0 Å². The minimum atomic E-state index is -0.555. The van der Waals surface area contributed by atoms with Crippen LogP contribution < -0.4 is 10.1 Å². The van der Waals surface area contributed by atoms with Crippen molar-refractivity contribution in [3.05, 3.63) is 64.7 Å². The van der Waals surface area contributed by atoms with Crippen molar-refractivity contribution in [3.8, 4) is 5.75 Å². The number of halogens is 1. The van der Waals surface area contributed by atoms with E-state index in [-0.39, 0.29) is 17.9 Å². The van der Waals surface area contributed by atoms with Crippen LogP contribution in [0.15, 0.2) is 48.5 Å². The Morgan fingerprint density at radius 1 is 1.16 bits per heavy atom. The first-order valence-corrected chi connectivity index (χ1v) is 11.8. The highest BCUT2D eigenvalue weighted by atomic mass is 35.5. The number of benzene rings is 2. The molecule has 5 nitrogen and oxygen atoms in total. The number of amides is 2. The third kappa shape index (κ3) is 7.27. The molecule has 32 heavy (non-hydrogen) atoms. The molecule has 0 bridgehead atoms. The Bertz CT molecular complexity index is 894. The molecule has 2 aromatic rings. The van der Waals surface area contributed by atoms with Gasteiger partial charge in [-0.1, -0.05) is 54.3 Å². The standard InChI is InChI=1S/C26H33ClN2O3/c1-19-12-14-24(15-13-19)32-16-6-11-25(30)29(18-21-7-5-8-22(27)17-21)20(2)26(31)28-23-9-3-4-10-23/h5,7-8,12-15,17,20,23H,3-4,6,9-11,16,18H2,1-2H3,(H,28,31)/t20-/m1/s1. The van der Waals surface area contributed by atoms with Crippen molar-refractivity contribution in [2.45, 2.75) is 71.0 Å². The Morgan fingerprint density at radius 2 is 1.88 bits per heavy atom. The van der Waals surface area contributed by atoms with E-state index in [2.05, 4.69) is 5.32 Å². The fraction of sp³-hybridized carbons (Fsp3) is 0.462. The lowest BCUT2D eigenvalue weighted by atomic mass is 10.1. The summed E-state index contributed by atoms with van der Waals surface area (Å²) in [4.78, 5) is 27.7. The fourth-order valence-electron chi connectivity index (χ4n) is 4.00. The van der Waals surface area contributed by atoms with Crippen molar-refractivity contribution in [1.82, 2.24) is 10.2 Å². The summed E-state index contributed by atoms with van der Waals surface area (Å²) in [5.74, 6) is 0.637. The molecule has 0 heterocycles. The van der Waals surface area contributed by atoms with Gasteiger partial charge in [0, 0.05) is 24.0 Å². The summed E-state index contributed by atoms with van der Waals surface area (Å²) in [6.45, 7) is 4.62. The zero-order valence-corrected chi connectivity index (χ0v) is 19.7. The van der Waals surface area contributed by atoms with Gasteiger partial charge in [0.05, 0.1) is 6.61 Å². The first kappa shape index (κ1) is 24.1. The molecule has 1 aliphatic carbocycles. The summed E-state index contributed by atoms with van der Waals surface area (Å²) in [7, 11) is 0. The molecule has 3 rings (SSSR count). The lowest BCUT2D eigenvalue weighted by Crippen LogP contribution is -2.49. The summed E-state index contributed by atoms with van der Waals surface area (Å²) in [5.41, 5.74) is 2.08. The van der Waals surface area contributed by atoms with Gasteiger partial charge in [-0.3, -0.25) is 9.59 Å². The predicted molar refractivity (Wildman–Crippen MR) is 128 cm³/mol. The van der Waals surface area contributed by atoms with E-state index in [1.54, 1.807) is 17.9 Å². The highest BCUT2D eigenvalue weighted by molar-refractivity contribution is 6.30. The molecule has 2 aromatic carbocycles.